The molecule has 1 aromatic carbocycles. The van der Waals surface area contributed by atoms with E-state index in [9.17, 15) is 0 Å². The Bertz CT molecular complexity index is 387. The van der Waals surface area contributed by atoms with Crippen molar-refractivity contribution in [1.82, 2.24) is 5.32 Å². The van der Waals surface area contributed by atoms with E-state index in [1.165, 1.54) is 23.2 Å². The van der Waals surface area contributed by atoms with E-state index < -0.39 is 0 Å². The summed E-state index contributed by atoms with van der Waals surface area (Å²) in [4.78, 5) is 2.38. The van der Waals surface area contributed by atoms with Crippen molar-refractivity contribution in [3.63, 3.8) is 0 Å². The Morgan fingerprint density at radius 3 is 2.44 bits per heavy atom. The second kappa shape index (κ2) is 6.24. The Hall–Kier alpha value is -1.02. The number of nitrogens with zero attached hydrogens (tertiary/aromatic N) is 1. The van der Waals surface area contributed by atoms with Gasteiger partial charge in [0, 0.05) is 25.8 Å². The zero-order valence-corrected chi connectivity index (χ0v) is 12.8. The van der Waals surface area contributed by atoms with Crippen LogP contribution in [0.3, 0.4) is 0 Å². The predicted molar refractivity (Wildman–Crippen MR) is 81.5 cm³/mol. The highest BCUT2D eigenvalue weighted by atomic mass is 15.1. The third-order valence-corrected chi connectivity index (χ3v) is 3.84. The smallest absolute Gasteiger partial charge is 0.0393 e. The summed E-state index contributed by atoms with van der Waals surface area (Å²) in [6.45, 7) is 11.1. The third-order valence-electron chi connectivity index (χ3n) is 3.84. The average molecular weight is 248 g/mol. The number of anilines is 1. The monoisotopic (exact) mass is 248 g/mol. The van der Waals surface area contributed by atoms with E-state index in [1.54, 1.807) is 0 Å². The lowest BCUT2D eigenvalue weighted by molar-refractivity contribution is 0.308. The minimum atomic E-state index is 0.320. The lowest BCUT2D eigenvalue weighted by Crippen LogP contribution is -2.40. The Morgan fingerprint density at radius 2 is 1.94 bits per heavy atom. The molecule has 0 bridgehead atoms. The van der Waals surface area contributed by atoms with E-state index in [0.717, 1.165) is 13.1 Å². The first-order valence-corrected chi connectivity index (χ1v) is 6.85. The molecule has 0 amide bonds. The van der Waals surface area contributed by atoms with Crippen LogP contribution >= 0.6 is 0 Å². The van der Waals surface area contributed by atoms with Gasteiger partial charge in [0.2, 0.25) is 0 Å². The maximum absolute atomic E-state index is 3.31. The van der Waals surface area contributed by atoms with E-state index in [-0.39, 0.29) is 0 Å². The van der Waals surface area contributed by atoms with Gasteiger partial charge < -0.3 is 10.2 Å². The van der Waals surface area contributed by atoms with E-state index in [4.69, 9.17) is 0 Å². The van der Waals surface area contributed by atoms with Crippen molar-refractivity contribution in [2.75, 3.05) is 32.1 Å². The molecule has 0 heterocycles. The van der Waals surface area contributed by atoms with E-state index in [0.29, 0.717) is 5.41 Å². The van der Waals surface area contributed by atoms with Gasteiger partial charge in [-0.2, -0.15) is 0 Å². The summed E-state index contributed by atoms with van der Waals surface area (Å²) in [5, 5.41) is 3.31. The Morgan fingerprint density at radius 1 is 1.28 bits per heavy atom. The molecule has 1 atom stereocenters. The number of aryl methyl sites for hydroxylation is 2. The van der Waals surface area contributed by atoms with Crippen molar-refractivity contribution < 1.29 is 0 Å². The summed E-state index contributed by atoms with van der Waals surface area (Å²) >= 11 is 0. The molecule has 1 aromatic rings. The van der Waals surface area contributed by atoms with Crippen LogP contribution in [0.4, 0.5) is 5.69 Å². The molecule has 102 valence electrons. The fraction of sp³-hybridized carbons (Fsp3) is 0.625. The van der Waals surface area contributed by atoms with Gasteiger partial charge in [-0.3, -0.25) is 0 Å². The van der Waals surface area contributed by atoms with Crippen LogP contribution < -0.4 is 10.2 Å². The molecule has 0 radical (unpaired) electrons. The average Bonchev–Trinajstić information content (AvgIpc) is 2.28. The summed E-state index contributed by atoms with van der Waals surface area (Å²) in [6.07, 6.45) is 1.18. The standard InChI is InChI=1S/C16H28N2/c1-7-16(4,11-17-5)12-18(6)15-9-8-13(2)10-14(15)3/h8-10,17H,7,11-12H2,1-6H3. The quantitative estimate of drug-likeness (QED) is 0.830. The SMILES string of the molecule is CCC(C)(CNC)CN(C)c1ccc(C)cc1C. The maximum atomic E-state index is 3.31. The molecule has 0 saturated heterocycles. The predicted octanol–water partition coefficient (Wildman–Crippen LogP) is 3.38. The van der Waals surface area contributed by atoms with Crippen LogP contribution in [0.5, 0.6) is 0 Å². The molecule has 1 unspecified atom stereocenters. The molecule has 2 nitrogen and oxygen atoms in total. The van der Waals surface area contributed by atoms with E-state index in [2.05, 4.69) is 63.2 Å². The topological polar surface area (TPSA) is 15.3 Å². The zero-order valence-electron chi connectivity index (χ0n) is 12.8. The zero-order chi connectivity index (χ0) is 13.8. The van der Waals surface area contributed by atoms with Crippen molar-refractivity contribution in [3.8, 4) is 0 Å². The number of hydrogen-bond acceptors (Lipinski definition) is 2. The first kappa shape index (κ1) is 15.0. The molecule has 18 heavy (non-hydrogen) atoms. The van der Waals surface area contributed by atoms with E-state index in [1.807, 2.05) is 7.05 Å². The first-order chi connectivity index (χ1) is 8.41. The minimum Gasteiger partial charge on any atom is -0.374 e. The minimum absolute atomic E-state index is 0.320. The first-order valence-electron chi connectivity index (χ1n) is 6.85. The Balaban J connectivity index is 2.83. The fourth-order valence-corrected chi connectivity index (χ4v) is 2.61. The molecular formula is C16H28N2. The number of benzene rings is 1. The largest absolute Gasteiger partial charge is 0.374 e. The van der Waals surface area contributed by atoms with Crippen LogP contribution in [-0.2, 0) is 0 Å². The van der Waals surface area contributed by atoms with Gasteiger partial charge in [0.05, 0.1) is 0 Å². The number of nitrogens with one attached hydrogen (secondary N) is 1. The van der Waals surface area contributed by atoms with Gasteiger partial charge in [-0.1, -0.05) is 31.5 Å². The molecule has 0 fully saturated rings. The van der Waals surface area contributed by atoms with Crippen LogP contribution in [0.25, 0.3) is 0 Å². The van der Waals surface area contributed by atoms with Crippen LogP contribution in [0.1, 0.15) is 31.4 Å². The van der Waals surface area contributed by atoms with Gasteiger partial charge in [-0.05, 0) is 44.4 Å². The molecule has 1 N–H and O–H groups in total. The summed E-state index contributed by atoms with van der Waals surface area (Å²) in [5.41, 5.74) is 4.36. The Kier molecular flexibility index (Phi) is 5.21. The van der Waals surface area contributed by atoms with E-state index >= 15 is 0 Å². The van der Waals surface area contributed by atoms with Crippen molar-refractivity contribution in [1.29, 1.82) is 0 Å². The number of rotatable bonds is 6. The molecule has 0 saturated carbocycles. The summed E-state index contributed by atoms with van der Waals surface area (Å²) in [5.74, 6) is 0. The lowest BCUT2D eigenvalue weighted by Gasteiger charge is -2.34. The molecule has 0 aromatic heterocycles. The van der Waals surface area contributed by atoms with Gasteiger partial charge in [-0.25, -0.2) is 0 Å². The Labute approximate surface area is 112 Å². The van der Waals surface area contributed by atoms with Crippen LogP contribution in [0.15, 0.2) is 18.2 Å². The molecule has 0 aliphatic heterocycles. The van der Waals surface area contributed by atoms with Crippen LogP contribution in [0, 0.1) is 19.3 Å². The second-order valence-electron chi connectivity index (χ2n) is 5.84. The molecular weight excluding hydrogens is 220 g/mol. The highest BCUT2D eigenvalue weighted by Crippen LogP contribution is 2.26. The van der Waals surface area contributed by atoms with Crippen molar-refractivity contribution >= 4 is 5.69 Å². The van der Waals surface area contributed by atoms with Gasteiger partial charge in [-0.15, -0.1) is 0 Å². The summed E-state index contributed by atoms with van der Waals surface area (Å²) in [6, 6.07) is 6.69. The second-order valence-corrected chi connectivity index (χ2v) is 5.84. The van der Waals surface area contributed by atoms with Gasteiger partial charge >= 0.3 is 0 Å². The summed E-state index contributed by atoms with van der Waals surface area (Å²) in [7, 11) is 4.23. The highest BCUT2D eigenvalue weighted by molar-refractivity contribution is 5.53. The molecule has 2 heteroatoms. The van der Waals surface area contributed by atoms with Crippen molar-refractivity contribution in [3.05, 3.63) is 29.3 Å². The number of hydrogen-bond donors (Lipinski definition) is 1. The molecule has 1 rings (SSSR count). The van der Waals surface area contributed by atoms with Crippen LogP contribution in [-0.4, -0.2) is 27.2 Å². The van der Waals surface area contributed by atoms with Gasteiger partial charge in [0.15, 0.2) is 0 Å². The van der Waals surface area contributed by atoms with Gasteiger partial charge in [0.25, 0.3) is 0 Å². The van der Waals surface area contributed by atoms with Crippen LogP contribution in [0.2, 0.25) is 0 Å². The van der Waals surface area contributed by atoms with Crippen molar-refractivity contribution in [2.45, 2.75) is 34.1 Å². The fourth-order valence-electron chi connectivity index (χ4n) is 2.61. The van der Waals surface area contributed by atoms with Gasteiger partial charge in [0.1, 0.15) is 0 Å². The highest BCUT2D eigenvalue weighted by Gasteiger charge is 2.23. The molecule has 0 aliphatic rings. The van der Waals surface area contributed by atoms with Crippen molar-refractivity contribution in [2.24, 2.45) is 5.41 Å². The lowest BCUT2D eigenvalue weighted by atomic mass is 9.86. The normalized spacial score (nSPS) is 14.3. The molecule has 0 spiro atoms. The third kappa shape index (κ3) is 3.74. The molecule has 0 aliphatic carbocycles. The maximum Gasteiger partial charge on any atom is 0.0393 e. The summed E-state index contributed by atoms with van der Waals surface area (Å²) < 4.78 is 0.